The fourth-order valence-electron chi connectivity index (χ4n) is 2.61. The van der Waals surface area contributed by atoms with Gasteiger partial charge in [-0.15, -0.1) is 0 Å². The van der Waals surface area contributed by atoms with Crippen LogP contribution in [0.2, 0.25) is 0 Å². The second-order valence-electron chi connectivity index (χ2n) is 5.04. The zero-order valence-corrected chi connectivity index (χ0v) is 12.5. The summed E-state index contributed by atoms with van der Waals surface area (Å²) in [6, 6.07) is 10.2. The van der Waals surface area contributed by atoms with Gasteiger partial charge in [0.05, 0.1) is 6.10 Å². The average molecular weight is 337 g/mol. The van der Waals surface area contributed by atoms with Crippen molar-refractivity contribution in [1.82, 2.24) is 0 Å². The van der Waals surface area contributed by atoms with E-state index in [1.165, 1.54) is 12.1 Å². The molecule has 1 heterocycles. The van der Waals surface area contributed by atoms with Crippen molar-refractivity contribution in [2.75, 3.05) is 0 Å². The van der Waals surface area contributed by atoms with E-state index in [9.17, 15) is 9.50 Å². The van der Waals surface area contributed by atoms with Crippen LogP contribution in [0.4, 0.5) is 4.39 Å². The van der Waals surface area contributed by atoms with Gasteiger partial charge in [-0.05, 0) is 42.3 Å². The molecule has 20 heavy (non-hydrogen) atoms. The highest BCUT2D eigenvalue weighted by molar-refractivity contribution is 9.10. The fourth-order valence-corrected chi connectivity index (χ4v) is 2.95. The van der Waals surface area contributed by atoms with Crippen molar-refractivity contribution < 1.29 is 14.2 Å². The van der Waals surface area contributed by atoms with Crippen LogP contribution in [0.15, 0.2) is 40.9 Å². The topological polar surface area (TPSA) is 29.5 Å². The molecule has 0 spiro atoms. The summed E-state index contributed by atoms with van der Waals surface area (Å²) >= 11 is 3.40. The highest BCUT2D eigenvalue weighted by Crippen LogP contribution is 2.42. The summed E-state index contributed by atoms with van der Waals surface area (Å²) < 4.78 is 20.1. The minimum atomic E-state index is -0.568. The van der Waals surface area contributed by atoms with E-state index in [0.717, 1.165) is 21.2 Å². The van der Waals surface area contributed by atoms with Crippen molar-refractivity contribution in [1.29, 1.82) is 0 Å². The number of hydrogen-bond donors (Lipinski definition) is 1. The molecule has 1 N–H and O–H groups in total. The molecule has 0 aromatic heterocycles. The molecule has 0 bridgehead atoms. The van der Waals surface area contributed by atoms with Crippen LogP contribution >= 0.6 is 15.9 Å². The third kappa shape index (κ3) is 2.45. The Morgan fingerprint density at radius 1 is 1.20 bits per heavy atom. The highest BCUT2D eigenvalue weighted by Gasteiger charge is 2.29. The number of aryl methyl sites for hydroxylation is 1. The molecule has 4 heteroatoms. The van der Waals surface area contributed by atoms with E-state index in [2.05, 4.69) is 15.9 Å². The van der Waals surface area contributed by atoms with E-state index >= 15 is 0 Å². The standard InChI is InChI=1S/C16H14BrFO2/c1-9-6-11(18)3-5-12(9)16-8-14(19)13-4-2-10(17)7-15(13)20-16/h2-7,14,16,19H,8H2,1H3/t14-,16?/m0/s1. The molecule has 1 aliphatic rings. The van der Waals surface area contributed by atoms with Gasteiger partial charge < -0.3 is 9.84 Å². The molecular weight excluding hydrogens is 323 g/mol. The molecule has 2 aromatic rings. The normalized spacial score (nSPS) is 21.2. The van der Waals surface area contributed by atoms with Gasteiger partial charge >= 0.3 is 0 Å². The minimum Gasteiger partial charge on any atom is -0.485 e. The Balaban J connectivity index is 1.98. The van der Waals surface area contributed by atoms with Crippen molar-refractivity contribution >= 4 is 15.9 Å². The second-order valence-corrected chi connectivity index (χ2v) is 5.96. The predicted octanol–water partition coefficient (Wildman–Crippen LogP) is 4.45. The van der Waals surface area contributed by atoms with Crippen LogP contribution in [-0.2, 0) is 0 Å². The maximum Gasteiger partial charge on any atom is 0.127 e. The van der Waals surface area contributed by atoms with E-state index in [0.29, 0.717) is 12.2 Å². The monoisotopic (exact) mass is 336 g/mol. The first-order valence-corrected chi connectivity index (χ1v) is 7.24. The van der Waals surface area contributed by atoms with E-state index < -0.39 is 6.10 Å². The summed E-state index contributed by atoms with van der Waals surface area (Å²) in [5.74, 6) is 0.414. The van der Waals surface area contributed by atoms with Crippen molar-refractivity contribution in [3.8, 4) is 5.75 Å². The number of halogens is 2. The molecular formula is C16H14BrFO2. The number of ether oxygens (including phenoxy) is 1. The first kappa shape index (κ1) is 13.6. The second kappa shape index (κ2) is 5.19. The molecule has 1 unspecified atom stereocenters. The number of rotatable bonds is 1. The van der Waals surface area contributed by atoms with Crippen LogP contribution in [0, 0.1) is 12.7 Å². The van der Waals surface area contributed by atoms with Crippen LogP contribution in [0.1, 0.15) is 35.3 Å². The lowest BCUT2D eigenvalue weighted by Crippen LogP contribution is -2.19. The van der Waals surface area contributed by atoms with Gasteiger partial charge in [-0.2, -0.15) is 0 Å². The molecule has 0 fully saturated rings. The fraction of sp³-hybridized carbons (Fsp3) is 0.250. The lowest BCUT2D eigenvalue weighted by Gasteiger charge is -2.30. The maximum absolute atomic E-state index is 13.2. The number of benzene rings is 2. The van der Waals surface area contributed by atoms with Crippen LogP contribution in [0.25, 0.3) is 0 Å². The van der Waals surface area contributed by atoms with Crippen molar-refractivity contribution in [3.05, 3.63) is 63.4 Å². The number of fused-ring (bicyclic) bond motifs is 1. The number of aliphatic hydroxyl groups excluding tert-OH is 1. The van der Waals surface area contributed by atoms with Gasteiger partial charge in [0.1, 0.15) is 17.7 Å². The van der Waals surface area contributed by atoms with Crippen LogP contribution in [0.5, 0.6) is 5.75 Å². The highest BCUT2D eigenvalue weighted by atomic mass is 79.9. The Kier molecular flexibility index (Phi) is 3.52. The van der Waals surface area contributed by atoms with Crippen molar-refractivity contribution in [3.63, 3.8) is 0 Å². The van der Waals surface area contributed by atoms with E-state index in [1.54, 1.807) is 6.07 Å². The van der Waals surface area contributed by atoms with Gasteiger partial charge in [0.25, 0.3) is 0 Å². The molecule has 0 amide bonds. The van der Waals surface area contributed by atoms with Crippen LogP contribution < -0.4 is 4.74 Å². The molecule has 1 aliphatic heterocycles. The molecule has 2 nitrogen and oxygen atoms in total. The minimum absolute atomic E-state index is 0.257. The van der Waals surface area contributed by atoms with Gasteiger partial charge in [-0.25, -0.2) is 4.39 Å². The van der Waals surface area contributed by atoms with Gasteiger partial charge in [-0.1, -0.05) is 28.1 Å². The van der Waals surface area contributed by atoms with Crippen LogP contribution in [-0.4, -0.2) is 5.11 Å². The number of aliphatic hydroxyl groups is 1. The Bertz CT molecular complexity index is 657. The molecule has 2 aromatic carbocycles. The summed E-state index contributed by atoms with van der Waals surface area (Å²) in [7, 11) is 0. The van der Waals surface area contributed by atoms with Crippen molar-refractivity contribution in [2.45, 2.75) is 25.6 Å². The summed E-state index contributed by atoms with van der Waals surface area (Å²) in [6.45, 7) is 1.85. The Labute approximate surface area is 125 Å². The third-order valence-electron chi connectivity index (χ3n) is 3.62. The van der Waals surface area contributed by atoms with Crippen molar-refractivity contribution in [2.24, 2.45) is 0 Å². The van der Waals surface area contributed by atoms with Gasteiger partial charge in [0.2, 0.25) is 0 Å². The first-order valence-electron chi connectivity index (χ1n) is 6.45. The summed E-state index contributed by atoms with van der Waals surface area (Å²) in [4.78, 5) is 0. The Hall–Kier alpha value is -1.39. The third-order valence-corrected chi connectivity index (χ3v) is 4.11. The van der Waals surface area contributed by atoms with Gasteiger partial charge in [0, 0.05) is 16.5 Å². The lowest BCUT2D eigenvalue weighted by atomic mass is 9.93. The lowest BCUT2D eigenvalue weighted by molar-refractivity contribution is 0.0653. The zero-order valence-electron chi connectivity index (χ0n) is 10.9. The predicted molar refractivity (Wildman–Crippen MR) is 78.2 cm³/mol. The molecule has 2 atom stereocenters. The molecule has 0 saturated heterocycles. The first-order chi connectivity index (χ1) is 9.54. The maximum atomic E-state index is 13.2. The average Bonchev–Trinajstić information content (AvgIpc) is 2.37. The van der Waals surface area contributed by atoms with E-state index in [1.807, 2.05) is 25.1 Å². The quantitative estimate of drug-likeness (QED) is 0.833. The SMILES string of the molecule is Cc1cc(F)ccc1C1C[C@H](O)c2ccc(Br)cc2O1. The molecule has 104 valence electrons. The Morgan fingerprint density at radius 3 is 2.70 bits per heavy atom. The Morgan fingerprint density at radius 2 is 1.95 bits per heavy atom. The number of hydrogen-bond acceptors (Lipinski definition) is 2. The smallest absolute Gasteiger partial charge is 0.127 e. The summed E-state index contributed by atoms with van der Waals surface area (Å²) in [6.07, 6.45) is -0.352. The largest absolute Gasteiger partial charge is 0.485 e. The molecule has 3 rings (SSSR count). The molecule has 0 aliphatic carbocycles. The van der Waals surface area contributed by atoms with E-state index in [-0.39, 0.29) is 11.9 Å². The zero-order chi connectivity index (χ0) is 14.3. The summed E-state index contributed by atoms with van der Waals surface area (Å²) in [5.41, 5.74) is 2.54. The van der Waals surface area contributed by atoms with Crippen LogP contribution in [0.3, 0.4) is 0 Å². The van der Waals surface area contributed by atoms with Gasteiger partial charge in [0.15, 0.2) is 0 Å². The molecule has 0 saturated carbocycles. The van der Waals surface area contributed by atoms with Gasteiger partial charge in [-0.3, -0.25) is 0 Å². The summed E-state index contributed by atoms with van der Waals surface area (Å²) in [5, 5.41) is 10.3. The molecule has 0 radical (unpaired) electrons. The van der Waals surface area contributed by atoms with E-state index in [4.69, 9.17) is 4.74 Å².